The van der Waals surface area contributed by atoms with Gasteiger partial charge in [-0.05, 0) is 101 Å². The fraction of sp³-hybridized carbons (Fsp3) is 0.364. The minimum Gasteiger partial charge on any atom is -0.316 e. The molecule has 0 radical (unpaired) electrons. The summed E-state index contributed by atoms with van der Waals surface area (Å²) in [6.45, 7) is 29.4. The van der Waals surface area contributed by atoms with Gasteiger partial charge in [-0.1, -0.05) is 154 Å². The molecule has 0 heterocycles. The van der Waals surface area contributed by atoms with Crippen LogP contribution >= 0.6 is 0 Å². The van der Waals surface area contributed by atoms with Crippen LogP contribution in [0.25, 0.3) is 6.08 Å². The Bertz CT molecular complexity index is 1250. The van der Waals surface area contributed by atoms with E-state index in [0.29, 0.717) is 0 Å². The fourth-order valence-corrected chi connectivity index (χ4v) is 4.37. The van der Waals surface area contributed by atoms with Crippen molar-refractivity contribution in [2.24, 2.45) is 0 Å². The number of hydrogen-bond donors (Lipinski definition) is 1. The van der Waals surface area contributed by atoms with Gasteiger partial charge in [0, 0.05) is 6.54 Å². The Morgan fingerprint density at radius 2 is 1.11 bits per heavy atom. The van der Waals surface area contributed by atoms with Crippen LogP contribution in [0.5, 0.6) is 0 Å². The van der Waals surface area contributed by atoms with Crippen molar-refractivity contribution in [2.45, 2.75) is 101 Å². The Kier molecular flexibility index (Phi) is 28.1. The van der Waals surface area contributed by atoms with Gasteiger partial charge >= 0.3 is 0 Å². The summed E-state index contributed by atoms with van der Waals surface area (Å²) < 4.78 is 0. The molecule has 0 saturated carbocycles. The summed E-state index contributed by atoms with van der Waals surface area (Å²) in [6, 6.07) is 32.4. The molecular weight excluding hydrogens is 542 g/mol. The van der Waals surface area contributed by atoms with Gasteiger partial charge in [0.05, 0.1) is 0 Å². The summed E-state index contributed by atoms with van der Waals surface area (Å²) in [4.78, 5) is 0. The van der Waals surface area contributed by atoms with Crippen molar-refractivity contribution in [1.29, 1.82) is 0 Å². The lowest BCUT2D eigenvalue weighted by Crippen LogP contribution is -2.08. The molecule has 246 valence electrons. The third-order valence-corrected chi connectivity index (χ3v) is 6.97. The molecule has 4 aromatic carbocycles. The van der Waals surface area contributed by atoms with Gasteiger partial charge < -0.3 is 5.32 Å². The molecular formula is C44H65N. The van der Waals surface area contributed by atoms with E-state index < -0.39 is 0 Å². The highest BCUT2D eigenvalue weighted by Crippen LogP contribution is 2.17. The molecule has 0 bridgehead atoms. The first-order chi connectivity index (χ1) is 21.8. The normalized spacial score (nSPS) is 9.11. The van der Waals surface area contributed by atoms with Gasteiger partial charge in [0.2, 0.25) is 0 Å². The number of benzene rings is 4. The van der Waals surface area contributed by atoms with Crippen molar-refractivity contribution in [3.63, 3.8) is 0 Å². The standard InChI is InChI=1S/C22H29N.C9H12.C7H8.2C2H6.C2H4/c1-4-19-14-15-21(22(16-19)17-23-3)9-7-5-6-8-20-12-10-18(2)11-13-20;1-7-4-5-8(2)9(3)6-7;1-7-5-3-2-4-6-7;3*1-2/h4,10-16,23H,1,5-9,17H2,2-3H3;4-6H,1-3H3;2-6H,1H3;2*1-2H3;1-2H2. The lowest BCUT2D eigenvalue weighted by molar-refractivity contribution is 0.673. The maximum atomic E-state index is 3.86. The molecule has 45 heavy (non-hydrogen) atoms. The Morgan fingerprint density at radius 3 is 1.60 bits per heavy atom. The van der Waals surface area contributed by atoms with E-state index >= 15 is 0 Å². The Balaban J connectivity index is 0. The van der Waals surface area contributed by atoms with Gasteiger partial charge in [-0.15, -0.1) is 13.2 Å². The van der Waals surface area contributed by atoms with E-state index in [2.05, 4.69) is 132 Å². The quantitative estimate of drug-likeness (QED) is 0.147. The molecule has 0 aromatic heterocycles. The maximum absolute atomic E-state index is 3.86. The molecule has 1 heteroatoms. The first-order valence-corrected chi connectivity index (χ1v) is 16.8. The number of rotatable bonds is 9. The van der Waals surface area contributed by atoms with E-state index in [-0.39, 0.29) is 0 Å². The molecule has 0 aliphatic carbocycles. The molecule has 0 unspecified atom stereocenters. The first-order valence-electron chi connectivity index (χ1n) is 16.8. The predicted molar refractivity (Wildman–Crippen MR) is 208 cm³/mol. The molecule has 4 aromatic rings. The summed E-state index contributed by atoms with van der Waals surface area (Å²) in [5.41, 5.74) is 12.3. The van der Waals surface area contributed by atoms with Crippen LogP contribution in [-0.2, 0) is 19.4 Å². The van der Waals surface area contributed by atoms with Crippen LogP contribution in [-0.4, -0.2) is 7.05 Å². The molecule has 0 saturated heterocycles. The van der Waals surface area contributed by atoms with Gasteiger partial charge in [-0.3, -0.25) is 0 Å². The Morgan fingerprint density at radius 1 is 0.556 bits per heavy atom. The number of unbranched alkanes of at least 4 members (excludes halogenated alkanes) is 2. The van der Waals surface area contributed by atoms with Crippen LogP contribution < -0.4 is 5.32 Å². The molecule has 1 N–H and O–H groups in total. The molecule has 0 fully saturated rings. The summed E-state index contributed by atoms with van der Waals surface area (Å²) in [7, 11) is 2.01. The van der Waals surface area contributed by atoms with Crippen molar-refractivity contribution in [3.05, 3.63) is 161 Å². The van der Waals surface area contributed by atoms with E-state index in [9.17, 15) is 0 Å². The first kappa shape index (κ1) is 43.4. The second kappa shape index (κ2) is 29.1. The second-order valence-electron chi connectivity index (χ2n) is 10.6. The molecule has 0 spiro atoms. The molecule has 0 atom stereocenters. The van der Waals surface area contributed by atoms with E-state index in [1.54, 1.807) is 0 Å². The van der Waals surface area contributed by atoms with Crippen molar-refractivity contribution in [3.8, 4) is 0 Å². The molecule has 0 amide bonds. The molecule has 1 nitrogen and oxygen atoms in total. The third-order valence-electron chi connectivity index (χ3n) is 6.97. The summed E-state index contributed by atoms with van der Waals surface area (Å²) in [5.74, 6) is 0. The topological polar surface area (TPSA) is 12.0 Å². The van der Waals surface area contributed by atoms with E-state index in [1.807, 2.05) is 59.0 Å². The van der Waals surface area contributed by atoms with Gasteiger partial charge in [0.15, 0.2) is 0 Å². The zero-order chi connectivity index (χ0) is 34.5. The predicted octanol–water partition coefficient (Wildman–Crippen LogP) is 12.8. The highest BCUT2D eigenvalue weighted by atomic mass is 14.8. The summed E-state index contributed by atoms with van der Waals surface area (Å²) >= 11 is 0. The van der Waals surface area contributed by atoms with Crippen molar-refractivity contribution in [2.75, 3.05) is 7.05 Å². The van der Waals surface area contributed by atoms with Crippen LogP contribution in [0.1, 0.15) is 97.0 Å². The lowest BCUT2D eigenvalue weighted by atomic mass is 9.97. The van der Waals surface area contributed by atoms with E-state index in [1.165, 1.54) is 82.2 Å². The highest BCUT2D eigenvalue weighted by molar-refractivity contribution is 5.50. The van der Waals surface area contributed by atoms with E-state index in [4.69, 9.17) is 0 Å². The highest BCUT2D eigenvalue weighted by Gasteiger charge is 2.03. The van der Waals surface area contributed by atoms with Gasteiger partial charge in [0.25, 0.3) is 0 Å². The molecule has 0 aliphatic heterocycles. The smallest absolute Gasteiger partial charge is 0.0205 e. The number of aryl methyl sites for hydroxylation is 7. The van der Waals surface area contributed by atoms with Gasteiger partial charge in [-0.2, -0.15) is 0 Å². The van der Waals surface area contributed by atoms with Crippen LogP contribution in [0, 0.1) is 34.6 Å². The largest absolute Gasteiger partial charge is 0.316 e. The number of nitrogens with one attached hydrogen (secondary N) is 1. The number of hydrogen-bond acceptors (Lipinski definition) is 1. The minimum absolute atomic E-state index is 0.931. The van der Waals surface area contributed by atoms with Crippen molar-refractivity contribution in [1.82, 2.24) is 5.32 Å². The fourth-order valence-electron chi connectivity index (χ4n) is 4.37. The average Bonchev–Trinajstić information content (AvgIpc) is 3.08. The van der Waals surface area contributed by atoms with Crippen LogP contribution in [0.15, 0.2) is 111 Å². The summed E-state index contributed by atoms with van der Waals surface area (Å²) in [5, 5.41) is 3.27. The molecule has 0 aliphatic rings. The third kappa shape index (κ3) is 20.8. The lowest BCUT2D eigenvalue weighted by Gasteiger charge is -2.11. The monoisotopic (exact) mass is 608 g/mol. The van der Waals surface area contributed by atoms with E-state index in [0.717, 1.165) is 6.54 Å². The Hall–Kier alpha value is -3.68. The summed E-state index contributed by atoms with van der Waals surface area (Å²) in [6.07, 6.45) is 8.10. The average molecular weight is 608 g/mol. The maximum Gasteiger partial charge on any atom is 0.0205 e. The minimum atomic E-state index is 0.931. The second-order valence-corrected chi connectivity index (χ2v) is 10.6. The zero-order valence-electron chi connectivity index (χ0n) is 30.6. The van der Waals surface area contributed by atoms with Crippen LogP contribution in [0.4, 0.5) is 0 Å². The van der Waals surface area contributed by atoms with Gasteiger partial charge in [-0.25, -0.2) is 0 Å². The zero-order valence-corrected chi connectivity index (χ0v) is 30.6. The van der Waals surface area contributed by atoms with Crippen LogP contribution in [0.3, 0.4) is 0 Å². The van der Waals surface area contributed by atoms with Crippen molar-refractivity contribution >= 4 is 6.08 Å². The van der Waals surface area contributed by atoms with Crippen LogP contribution in [0.2, 0.25) is 0 Å². The van der Waals surface area contributed by atoms with Crippen molar-refractivity contribution < 1.29 is 0 Å². The Labute approximate surface area is 279 Å². The molecule has 4 rings (SSSR count). The van der Waals surface area contributed by atoms with Gasteiger partial charge in [0.1, 0.15) is 0 Å². The SMILES string of the molecule is C=C.C=Cc1ccc(CCCCCc2ccc(C)cc2)c(CNC)c1.CC.CC.Cc1ccc(C)c(C)c1.Cc1ccccc1.